The summed E-state index contributed by atoms with van der Waals surface area (Å²) in [6.07, 6.45) is 1.32. The van der Waals surface area contributed by atoms with Gasteiger partial charge in [0, 0.05) is 17.7 Å². The molecule has 5 heteroatoms. The summed E-state index contributed by atoms with van der Waals surface area (Å²) < 4.78 is 19.2. The summed E-state index contributed by atoms with van der Waals surface area (Å²) in [5.41, 5.74) is 5.47. The zero-order valence-corrected chi connectivity index (χ0v) is 18.8. The van der Waals surface area contributed by atoms with Crippen molar-refractivity contribution >= 4 is 17.2 Å². The van der Waals surface area contributed by atoms with E-state index >= 15 is 0 Å². The second kappa shape index (κ2) is 8.39. The lowest BCUT2D eigenvalue weighted by Crippen LogP contribution is -2.31. The molecule has 0 amide bonds. The number of allylic oxidation sites excluding steroid dienone is 1. The normalized spacial score (nSPS) is 19.0. The van der Waals surface area contributed by atoms with Gasteiger partial charge < -0.3 is 15.4 Å². The lowest BCUT2D eigenvalue weighted by atomic mass is 9.73. The number of Topliss-reactive ketones (excluding diaryl/α,β-unsaturated/α-hetero) is 1. The Hall–Kier alpha value is -3.60. The van der Waals surface area contributed by atoms with Crippen LogP contribution in [0.3, 0.4) is 0 Å². The van der Waals surface area contributed by atoms with Gasteiger partial charge in [0.05, 0.1) is 17.4 Å². The van der Waals surface area contributed by atoms with Crippen molar-refractivity contribution in [2.75, 3.05) is 10.6 Å². The number of carbonyl (C=O) groups excluding carboxylic acids is 1. The fourth-order valence-electron chi connectivity index (χ4n) is 4.67. The van der Waals surface area contributed by atoms with Gasteiger partial charge in [0.15, 0.2) is 5.78 Å². The smallest absolute Gasteiger partial charge is 0.163 e. The number of hydrogen-bond acceptors (Lipinski definition) is 4. The quantitative estimate of drug-likeness (QED) is 0.476. The van der Waals surface area contributed by atoms with Crippen LogP contribution < -0.4 is 15.4 Å². The molecule has 0 spiro atoms. The van der Waals surface area contributed by atoms with E-state index < -0.39 is 0 Å². The number of ketones is 1. The molecule has 33 heavy (non-hydrogen) atoms. The van der Waals surface area contributed by atoms with Crippen LogP contribution in [0.25, 0.3) is 0 Å². The predicted octanol–water partition coefficient (Wildman–Crippen LogP) is 6.63. The van der Waals surface area contributed by atoms with Gasteiger partial charge >= 0.3 is 0 Å². The molecule has 1 aliphatic carbocycles. The van der Waals surface area contributed by atoms with Crippen molar-refractivity contribution in [3.63, 3.8) is 0 Å². The maximum absolute atomic E-state index is 13.4. The van der Waals surface area contributed by atoms with Crippen LogP contribution in [-0.2, 0) is 11.4 Å². The zero-order chi connectivity index (χ0) is 23.0. The third-order valence-electron chi connectivity index (χ3n) is 6.23. The Morgan fingerprint density at radius 3 is 2.52 bits per heavy atom. The number of hydrogen-bond donors (Lipinski definition) is 2. The second-order valence-corrected chi connectivity index (χ2v) is 9.57. The van der Waals surface area contributed by atoms with E-state index in [0.717, 1.165) is 40.2 Å². The maximum Gasteiger partial charge on any atom is 0.163 e. The van der Waals surface area contributed by atoms with E-state index in [9.17, 15) is 9.18 Å². The Bertz CT molecular complexity index is 1230. The average Bonchev–Trinajstić information content (AvgIpc) is 2.94. The minimum atomic E-state index is -0.283. The lowest BCUT2D eigenvalue weighted by Gasteiger charge is -2.34. The number of fused-ring (bicyclic) bond motifs is 1. The van der Waals surface area contributed by atoms with Crippen molar-refractivity contribution < 1.29 is 13.9 Å². The Labute approximate surface area is 193 Å². The molecule has 1 atom stereocenters. The standard InChI is InChI=1S/C28H27FN2O2/c1-28(2)15-24-26(25(32)16-28)27(31-23-9-4-3-8-22(23)30-24)19-6-5-7-21(14-19)33-17-18-10-12-20(29)13-11-18/h3-14,27,30-31H,15-17H2,1-2H3/t27-/m1/s1. The first kappa shape index (κ1) is 21.3. The van der Waals surface area contributed by atoms with Crippen molar-refractivity contribution in [2.24, 2.45) is 5.41 Å². The van der Waals surface area contributed by atoms with E-state index in [1.807, 2.05) is 48.5 Å². The second-order valence-electron chi connectivity index (χ2n) is 9.57. The van der Waals surface area contributed by atoms with Crippen LogP contribution in [0.1, 0.15) is 43.9 Å². The molecule has 0 bridgehead atoms. The van der Waals surface area contributed by atoms with Gasteiger partial charge in [-0.05, 0) is 59.4 Å². The van der Waals surface area contributed by atoms with Crippen LogP contribution in [-0.4, -0.2) is 5.78 Å². The molecule has 1 aliphatic heterocycles. The minimum Gasteiger partial charge on any atom is -0.489 e. The first-order chi connectivity index (χ1) is 15.9. The number of carbonyl (C=O) groups is 1. The number of nitrogens with one attached hydrogen (secondary N) is 2. The molecule has 5 rings (SSSR count). The van der Waals surface area contributed by atoms with Gasteiger partial charge in [-0.2, -0.15) is 0 Å². The summed E-state index contributed by atoms with van der Waals surface area (Å²) in [6, 6.07) is 21.9. The van der Waals surface area contributed by atoms with Gasteiger partial charge in [-0.15, -0.1) is 0 Å². The van der Waals surface area contributed by atoms with Gasteiger partial charge in [-0.25, -0.2) is 4.39 Å². The molecular formula is C28H27FN2O2. The van der Waals surface area contributed by atoms with Crippen LogP contribution in [0.4, 0.5) is 15.8 Å². The summed E-state index contributed by atoms with van der Waals surface area (Å²) in [5.74, 6) is 0.602. The van der Waals surface area contributed by atoms with Crippen molar-refractivity contribution in [2.45, 2.75) is 39.3 Å². The molecule has 0 unspecified atom stereocenters. The predicted molar refractivity (Wildman–Crippen MR) is 129 cm³/mol. The van der Waals surface area contributed by atoms with Gasteiger partial charge in [0.2, 0.25) is 0 Å². The van der Waals surface area contributed by atoms with Gasteiger partial charge in [-0.3, -0.25) is 4.79 Å². The van der Waals surface area contributed by atoms with Crippen molar-refractivity contribution in [1.82, 2.24) is 0 Å². The summed E-state index contributed by atoms with van der Waals surface area (Å²) in [5, 5.41) is 7.15. The molecule has 0 saturated carbocycles. The van der Waals surface area contributed by atoms with Gasteiger partial charge in [0.1, 0.15) is 18.2 Å². The Balaban J connectivity index is 1.49. The van der Waals surface area contributed by atoms with Gasteiger partial charge in [0.25, 0.3) is 0 Å². The molecular weight excluding hydrogens is 415 g/mol. The van der Waals surface area contributed by atoms with Gasteiger partial charge in [-0.1, -0.05) is 50.2 Å². The number of para-hydroxylation sites is 2. The van der Waals surface area contributed by atoms with E-state index in [-0.39, 0.29) is 23.1 Å². The fraction of sp³-hybridized carbons (Fsp3) is 0.250. The Morgan fingerprint density at radius 2 is 1.73 bits per heavy atom. The molecule has 1 heterocycles. The number of anilines is 2. The van der Waals surface area contributed by atoms with Crippen molar-refractivity contribution in [1.29, 1.82) is 0 Å². The summed E-state index contributed by atoms with van der Waals surface area (Å²) in [7, 11) is 0. The maximum atomic E-state index is 13.4. The minimum absolute atomic E-state index is 0.0904. The molecule has 0 radical (unpaired) electrons. The molecule has 4 nitrogen and oxygen atoms in total. The Morgan fingerprint density at radius 1 is 0.970 bits per heavy atom. The molecule has 2 N–H and O–H groups in total. The first-order valence-electron chi connectivity index (χ1n) is 11.2. The molecule has 0 saturated heterocycles. The Kier molecular flexibility index (Phi) is 5.41. The molecule has 0 aromatic heterocycles. The third kappa shape index (κ3) is 4.49. The lowest BCUT2D eigenvalue weighted by molar-refractivity contribution is -0.118. The van der Waals surface area contributed by atoms with E-state index in [1.165, 1.54) is 12.1 Å². The molecule has 168 valence electrons. The summed E-state index contributed by atoms with van der Waals surface area (Å²) in [4.78, 5) is 13.4. The number of rotatable bonds is 4. The highest BCUT2D eigenvalue weighted by molar-refractivity contribution is 6.01. The van der Waals surface area contributed by atoms with Crippen LogP contribution in [0.15, 0.2) is 84.1 Å². The van der Waals surface area contributed by atoms with Crippen LogP contribution >= 0.6 is 0 Å². The fourth-order valence-corrected chi connectivity index (χ4v) is 4.67. The van der Waals surface area contributed by atoms with Crippen molar-refractivity contribution in [3.05, 3.63) is 101 Å². The highest BCUT2D eigenvalue weighted by Crippen LogP contribution is 2.45. The zero-order valence-electron chi connectivity index (χ0n) is 18.8. The number of benzene rings is 3. The molecule has 0 fully saturated rings. The van der Waals surface area contributed by atoms with E-state index in [1.54, 1.807) is 12.1 Å². The van der Waals surface area contributed by atoms with Crippen molar-refractivity contribution in [3.8, 4) is 5.75 Å². The molecule has 3 aromatic carbocycles. The molecule has 2 aliphatic rings. The topological polar surface area (TPSA) is 50.4 Å². The van der Waals surface area contributed by atoms with E-state index in [4.69, 9.17) is 4.74 Å². The first-order valence-corrected chi connectivity index (χ1v) is 11.2. The summed E-state index contributed by atoms with van der Waals surface area (Å²) >= 11 is 0. The highest BCUT2D eigenvalue weighted by Gasteiger charge is 2.38. The largest absolute Gasteiger partial charge is 0.489 e. The van der Waals surface area contributed by atoms with Crippen LogP contribution in [0, 0.1) is 11.2 Å². The highest BCUT2D eigenvalue weighted by atomic mass is 19.1. The summed E-state index contributed by atoms with van der Waals surface area (Å²) in [6.45, 7) is 4.62. The van der Waals surface area contributed by atoms with E-state index in [2.05, 4.69) is 24.5 Å². The third-order valence-corrected chi connectivity index (χ3v) is 6.23. The number of halogens is 1. The SMILES string of the molecule is CC1(C)CC(=O)C2=C(C1)Nc1ccccc1N[C@@H]2c1cccc(OCc2ccc(F)cc2)c1. The van der Waals surface area contributed by atoms with Crippen LogP contribution in [0.5, 0.6) is 5.75 Å². The van der Waals surface area contributed by atoms with Crippen LogP contribution in [0.2, 0.25) is 0 Å². The average molecular weight is 443 g/mol. The molecule has 3 aromatic rings. The number of ether oxygens (including phenoxy) is 1. The van der Waals surface area contributed by atoms with E-state index in [0.29, 0.717) is 18.8 Å². The monoisotopic (exact) mass is 442 g/mol.